The fourth-order valence-corrected chi connectivity index (χ4v) is 1.46. The number of rotatable bonds is 3. The van der Waals surface area contributed by atoms with Gasteiger partial charge in [0, 0.05) is 6.54 Å². The van der Waals surface area contributed by atoms with E-state index < -0.39 is 0 Å². The Labute approximate surface area is 73.4 Å². The molecule has 0 aliphatic carbocycles. The molecule has 0 aromatic carbocycles. The zero-order valence-corrected chi connectivity index (χ0v) is 7.39. The molecule has 0 radical (unpaired) electrons. The zero-order chi connectivity index (χ0) is 8.97. The maximum atomic E-state index is 11.0. The van der Waals surface area contributed by atoms with Crippen LogP contribution in [-0.2, 0) is 6.54 Å². The Morgan fingerprint density at radius 2 is 2.58 bits per heavy atom. The second-order valence-electron chi connectivity index (χ2n) is 2.00. The summed E-state index contributed by atoms with van der Waals surface area (Å²) in [5, 5.41) is 15.0. The standard InChI is InChI=1S/C6H8N4OS/c1-2-10-5(11)8-9-6(10)12-4-3-7/h2,4H2,1H3,(H,8,11). The molecule has 0 saturated carbocycles. The fraction of sp³-hybridized carbons (Fsp3) is 0.500. The highest BCUT2D eigenvalue weighted by Gasteiger charge is 2.05. The van der Waals surface area contributed by atoms with E-state index in [4.69, 9.17) is 5.26 Å². The van der Waals surface area contributed by atoms with Crippen LogP contribution in [0.5, 0.6) is 0 Å². The molecule has 0 saturated heterocycles. The van der Waals surface area contributed by atoms with Crippen molar-refractivity contribution in [2.45, 2.75) is 18.6 Å². The van der Waals surface area contributed by atoms with E-state index in [-0.39, 0.29) is 5.69 Å². The lowest BCUT2D eigenvalue weighted by Crippen LogP contribution is -2.16. The monoisotopic (exact) mass is 184 g/mol. The predicted octanol–water partition coefficient (Wildman–Crippen LogP) is 0.207. The van der Waals surface area contributed by atoms with Gasteiger partial charge in [-0.25, -0.2) is 9.89 Å². The summed E-state index contributed by atoms with van der Waals surface area (Å²) in [5.41, 5.74) is -0.224. The number of aromatic nitrogens is 3. The number of nitrogens with zero attached hydrogens (tertiary/aromatic N) is 3. The van der Waals surface area contributed by atoms with Gasteiger partial charge < -0.3 is 0 Å². The first-order valence-electron chi connectivity index (χ1n) is 3.44. The number of H-pyrrole nitrogens is 1. The topological polar surface area (TPSA) is 74.5 Å². The molecule has 1 N–H and O–H groups in total. The zero-order valence-electron chi connectivity index (χ0n) is 6.57. The van der Waals surface area contributed by atoms with Gasteiger partial charge in [0.05, 0.1) is 11.8 Å². The Morgan fingerprint density at radius 1 is 1.83 bits per heavy atom. The average Bonchev–Trinajstić information content (AvgIpc) is 2.43. The van der Waals surface area contributed by atoms with E-state index in [0.717, 1.165) is 0 Å². The molecule has 0 bridgehead atoms. The molecule has 1 heterocycles. The van der Waals surface area contributed by atoms with E-state index >= 15 is 0 Å². The molecule has 12 heavy (non-hydrogen) atoms. The normalized spacial score (nSPS) is 9.67. The van der Waals surface area contributed by atoms with Crippen LogP contribution in [0.4, 0.5) is 0 Å². The van der Waals surface area contributed by atoms with Crippen LogP contribution in [-0.4, -0.2) is 20.5 Å². The number of nitrogens with one attached hydrogen (secondary N) is 1. The van der Waals surface area contributed by atoms with Crippen LogP contribution in [0.15, 0.2) is 9.95 Å². The van der Waals surface area contributed by atoms with Crippen molar-refractivity contribution in [2.24, 2.45) is 0 Å². The minimum Gasteiger partial charge on any atom is -0.270 e. The minimum absolute atomic E-state index is 0.224. The lowest BCUT2D eigenvalue weighted by molar-refractivity contribution is 0.661. The predicted molar refractivity (Wildman–Crippen MR) is 44.9 cm³/mol. The third-order valence-electron chi connectivity index (χ3n) is 1.31. The van der Waals surface area contributed by atoms with Gasteiger partial charge in [0.2, 0.25) is 0 Å². The van der Waals surface area contributed by atoms with E-state index in [1.165, 1.54) is 16.3 Å². The van der Waals surface area contributed by atoms with E-state index in [0.29, 0.717) is 17.5 Å². The molecule has 0 amide bonds. The van der Waals surface area contributed by atoms with E-state index in [1.54, 1.807) is 0 Å². The molecule has 0 spiro atoms. The summed E-state index contributed by atoms with van der Waals surface area (Å²) < 4.78 is 1.49. The van der Waals surface area contributed by atoms with E-state index in [1.807, 2.05) is 13.0 Å². The smallest absolute Gasteiger partial charge is 0.270 e. The largest absolute Gasteiger partial charge is 0.343 e. The van der Waals surface area contributed by atoms with Gasteiger partial charge >= 0.3 is 5.69 Å². The van der Waals surface area contributed by atoms with Crippen molar-refractivity contribution in [2.75, 3.05) is 5.75 Å². The van der Waals surface area contributed by atoms with Gasteiger partial charge in [-0.05, 0) is 6.92 Å². The number of aromatic amines is 1. The highest BCUT2D eigenvalue weighted by Crippen LogP contribution is 2.10. The van der Waals surface area contributed by atoms with Gasteiger partial charge in [-0.3, -0.25) is 4.57 Å². The first-order chi connectivity index (χ1) is 5.79. The van der Waals surface area contributed by atoms with Crippen molar-refractivity contribution in [1.29, 1.82) is 5.26 Å². The van der Waals surface area contributed by atoms with Crippen LogP contribution in [0.2, 0.25) is 0 Å². The molecule has 6 heteroatoms. The first-order valence-corrected chi connectivity index (χ1v) is 4.43. The summed E-state index contributed by atoms with van der Waals surface area (Å²) in [6.45, 7) is 2.43. The molecule has 0 aliphatic rings. The average molecular weight is 184 g/mol. The second kappa shape index (κ2) is 3.97. The van der Waals surface area contributed by atoms with Gasteiger partial charge in [-0.2, -0.15) is 5.26 Å². The van der Waals surface area contributed by atoms with Crippen LogP contribution in [0.1, 0.15) is 6.92 Å². The Hall–Kier alpha value is -1.22. The number of hydrogen-bond acceptors (Lipinski definition) is 4. The lowest BCUT2D eigenvalue weighted by atomic mass is 10.7. The SMILES string of the molecule is CCn1c(SCC#N)n[nH]c1=O. The summed E-state index contributed by atoms with van der Waals surface area (Å²) in [4.78, 5) is 11.0. The molecule has 64 valence electrons. The van der Waals surface area contributed by atoms with Gasteiger partial charge in [-0.15, -0.1) is 5.10 Å². The van der Waals surface area contributed by atoms with Gasteiger partial charge in [0.1, 0.15) is 0 Å². The number of thioether (sulfide) groups is 1. The molecule has 1 aromatic rings. The van der Waals surface area contributed by atoms with Crippen molar-refractivity contribution < 1.29 is 0 Å². The third kappa shape index (κ3) is 1.68. The van der Waals surface area contributed by atoms with Crippen molar-refractivity contribution in [1.82, 2.24) is 14.8 Å². The van der Waals surface area contributed by atoms with Crippen LogP contribution in [0.25, 0.3) is 0 Å². The molecule has 0 atom stereocenters. The Morgan fingerprint density at radius 3 is 3.17 bits per heavy atom. The summed E-state index contributed by atoms with van der Waals surface area (Å²) in [5.74, 6) is 0.310. The summed E-state index contributed by atoms with van der Waals surface area (Å²) in [6.07, 6.45) is 0. The molecule has 5 nitrogen and oxygen atoms in total. The maximum absolute atomic E-state index is 11.0. The number of hydrogen-bond donors (Lipinski definition) is 1. The Kier molecular flexibility index (Phi) is 2.94. The number of nitriles is 1. The van der Waals surface area contributed by atoms with Crippen molar-refractivity contribution >= 4 is 11.8 Å². The van der Waals surface area contributed by atoms with Crippen molar-refractivity contribution in [3.63, 3.8) is 0 Å². The molecule has 1 rings (SSSR count). The van der Waals surface area contributed by atoms with Gasteiger partial charge in [0.25, 0.3) is 0 Å². The van der Waals surface area contributed by atoms with Gasteiger partial charge in [0.15, 0.2) is 5.16 Å². The molecule has 0 fully saturated rings. The van der Waals surface area contributed by atoms with Crippen molar-refractivity contribution in [3.8, 4) is 6.07 Å². The molecule has 1 aromatic heterocycles. The Bertz CT molecular complexity index is 347. The van der Waals surface area contributed by atoms with Crippen LogP contribution in [0.3, 0.4) is 0 Å². The third-order valence-corrected chi connectivity index (χ3v) is 2.15. The summed E-state index contributed by atoms with van der Waals surface area (Å²) in [6, 6.07) is 1.97. The summed E-state index contributed by atoms with van der Waals surface area (Å²) in [7, 11) is 0. The molecule has 0 aliphatic heterocycles. The highest BCUT2D eigenvalue weighted by atomic mass is 32.2. The first kappa shape index (κ1) is 8.87. The molecular formula is C6H8N4OS. The quantitative estimate of drug-likeness (QED) is 0.681. The van der Waals surface area contributed by atoms with E-state index in [2.05, 4.69) is 10.2 Å². The second-order valence-corrected chi connectivity index (χ2v) is 2.94. The Balaban J connectivity index is 2.86. The summed E-state index contributed by atoms with van der Waals surface area (Å²) >= 11 is 1.25. The van der Waals surface area contributed by atoms with Crippen molar-refractivity contribution in [3.05, 3.63) is 10.5 Å². The van der Waals surface area contributed by atoms with Crippen LogP contribution < -0.4 is 5.69 Å². The van der Waals surface area contributed by atoms with Crippen LogP contribution >= 0.6 is 11.8 Å². The van der Waals surface area contributed by atoms with Crippen LogP contribution in [0, 0.1) is 11.3 Å². The molecular weight excluding hydrogens is 176 g/mol. The highest BCUT2D eigenvalue weighted by molar-refractivity contribution is 7.99. The maximum Gasteiger partial charge on any atom is 0.343 e. The molecule has 0 unspecified atom stereocenters. The lowest BCUT2D eigenvalue weighted by Gasteiger charge is -1.96. The van der Waals surface area contributed by atoms with Gasteiger partial charge in [-0.1, -0.05) is 11.8 Å². The minimum atomic E-state index is -0.224. The van der Waals surface area contributed by atoms with E-state index in [9.17, 15) is 4.79 Å². The fourth-order valence-electron chi connectivity index (χ4n) is 0.789.